The van der Waals surface area contributed by atoms with Crippen LogP contribution in [-0.2, 0) is 9.59 Å². The van der Waals surface area contributed by atoms with Gasteiger partial charge in [-0.25, -0.2) is 9.69 Å². The van der Waals surface area contributed by atoms with Crippen LogP contribution in [-0.4, -0.2) is 30.1 Å². The molecule has 138 valence electrons. The summed E-state index contributed by atoms with van der Waals surface area (Å²) in [6.45, 7) is 1.76. The Labute approximate surface area is 163 Å². The van der Waals surface area contributed by atoms with E-state index in [0.29, 0.717) is 16.8 Å². The van der Waals surface area contributed by atoms with Crippen molar-refractivity contribution >= 4 is 45.5 Å². The van der Waals surface area contributed by atoms with Gasteiger partial charge in [-0.1, -0.05) is 22.0 Å². The molecule has 0 spiro atoms. The molecule has 4 amide bonds. The second kappa shape index (κ2) is 7.24. The number of imide groups is 2. The maximum absolute atomic E-state index is 12.9. The highest BCUT2D eigenvalue weighted by Gasteiger charge is 2.37. The zero-order valence-corrected chi connectivity index (χ0v) is 16.0. The lowest BCUT2D eigenvalue weighted by Gasteiger charge is -2.27. The van der Waals surface area contributed by atoms with Crippen molar-refractivity contribution in [1.82, 2.24) is 5.32 Å². The maximum atomic E-state index is 12.9. The number of phenols is 1. The monoisotopic (exact) mass is 430 g/mol. The van der Waals surface area contributed by atoms with Crippen LogP contribution in [0.15, 0.2) is 46.4 Å². The lowest BCUT2D eigenvalue weighted by atomic mass is 10.1. The summed E-state index contributed by atoms with van der Waals surface area (Å²) in [6.07, 6.45) is 1.34. The van der Waals surface area contributed by atoms with Crippen LogP contribution >= 0.6 is 15.9 Å². The second-order valence-electron chi connectivity index (χ2n) is 5.82. The van der Waals surface area contributed by atoms with E-state index < -0.39 is 17.8 Å². The van der Waals surface area contributed by atoms with Crippen LogP contribution in [0.4, 0.5) is 10.5 Å². The topological polar surface area (TPSA) is 95.9 Å². The normalized spacial score (nSPS) is 15.9. The Kier molecular flexibility index (Phi) is 5.00. The van der Waals surface area contributed by atoms with E-state index in [2.05, 4.69) is 21.2 Å². The molecule has 0 radical (unpaired) electrons. The first kappa shape index (κ1) is 18.7. The van der Waals surface area contributed by atoms with Crippen molar-refractivity contribution in [1.29, 1.82) is 0 Å². The number of rotatable bonds is 3. The van der Waals surface area contributed by atoms with E-state index in [1.54, 1.807) is 25.1 Å². The van der Waals surface area contributed by atoms with Crippen molar-refractivity contribution in [3.63, 3.8) is 0 Å². The Balaban J connectivity index is 2.04. The van der Waals surface area contributed by atoms with Gasteiger partial charge < -0.3 is 9.84 Å². The first-order valence-corrected chi connectivity index (χ1v) is 8.65. The van der Waals surface area contributed by atoms with Gasteiger partial charge in [0.15, 0.2) is 11.5 Å². The third kappa shape index (κ3) is 3.56. The van der Waals surface area contributed by atoms with Crippen LogP contribution in [0.3, 0.4) is 0 Å². The maximum Gasteiger partial charge on any atom is 0.335 e. The lowest BCUT2D eigenvalue weighted by molar-refractivity contribution is -0.122. The van der Waals surface area contributed by atoms with Gasteiger partial charge in [0.05, 0.1) is 12.8 Å². The molecule has 0 aliphatic carbocycles. The van der Waals surface area contributed by atoms with Crippen molar-refractivity contribution in [3.05, 3.63) is 57.6 Å². The number of hydrogen-bond donors (Lipinski definition) is 2. The van der Waals surface area contributed by atoms with Gasteiger partial charge in [-0.15, -0.1) is 0 Å². The Morgan fingerprint density at radius 3 is 2.56 bits per heavy atom. The number of nitrogens with one attached hydrogen (secondary N) is 1. The van der Waals surface area contributed by atoms with E-state index >= 15 is 0 Å². The summed E-state index contributed by atoms with van der Waals surface area (Å²) in [6, 6.07) is 8.67. The third-order valence-electron chi connectivity index (χ3n) is 4.02. The van der Waals surface area contributed by atoms with E-state index in [9.17, 15) is 19.5 Å². The van der Waals surface area contributed by atoms with Gasteiger partial charge in [0.25, 0.3) is 11.8 Å². The average Bonchev–Trinajstić information content (AvgIpc) is 2.61. The Bertz CT molecular complexity index is 1000. The number of benzene rings is 2. The number of carbonyl (C=O) groups excluding carboxylic acids is 3. The van der Waals surface area contributed by atoms with Crippen LogP contribution < -0.4 is 15.0 Å². The fourth-order valence-electron chi connectivity index (χ4n) is 2.70. The Morgan fingerprint density at radius 2 is 1.89 bits per heavy atom. The summed E-state index contributed by atoms with van der Waals surface area (Å²) in [7, 11) is 1.39. The number of carbonyl (C=O) groups is 3. The fraction of sp³-hybridized carbons (Fsp3) is 0.105. The number of aryl methyl sites for hydroxylation is 1. The predicted molar refractivity (Wildman–Crippen MR) is 103 cm³/mol. The van der Waals surface area contributed by atoms with Crippen molar-refractivity contribution < 1.29 is 24.2 Å². The van der Waals surface area contributed by atoms with E-state index in [1.165, 1.54) is 31.4 Å². The molecule has 0 saturated carbocycles. The standard InChI is InChI=1S/C19H15BrN2O5/c1-10-7-12(20)4-5-14(10)22-18(25)13(17(24)21-19(22)26)8-11-3-6-15(23)16(9-11)27-2/h3-9,23H,1-2H3,(H,21,24,26)/b13-8-. The SMILES string of the molecule is COc1cc(/C=C2/C(=O)NC(=O)N(c3ccc(Br)cc3C)C2=O)ccc1O. The van der Waals surface area contributed by atoms with Crippen molar-refractivity contribution in [2.45, 2.75) is 6.92 Å². The number of nitrogens with zero attached hydrogens (tertiary/aromatic N) is 1. The molecule has 0 bridgehead atoms. The molecule has 1 fully saturated rings. The van der Waals surface area contributed by atoms with Crippen LogP contribution in [0.2, 0.25) is 0 Å². The van der Waals surface area contributed by atoms with Gasteiger partial charge >= 0.3 is 6.03 Å². The van der Waals surface area contributed by atoms with Gasteiger partial charge in [-0.05, 0) is 54.5 Å². The van der Waals surface area contributed by atoms with E-state index in [0.717, 1.165) is 9.37 Å². The molecule has 27 heavy (non-hydrogen) atoms. The predicted octanol–water partition coefficient (Wildman–Crippen LogP) is 3.14. The minimum Gasteiger partial charge on any atom is -0.504 e. The largest absolute Gasteiger partial charge is 0.504 e. The summed E-state index contributed by atoms with van der Waals surface area (Å²) in [4.78, 5) is 38.3. The average molecular weight is 431 g/mol. The molecule has 2 aromatic rings. The smallest absolute Gasteiger partial charge is 0.335 e. The van der Waals surface area contributed by atoms with E-state index in [-0.39, 0.29) is 17.1 Å². The van der Waals surface area contributed by atoms with Crippen LogP contribution in [0.5, 0.6) is 11.5 Å². The molecular weight excluding hydrogens is 416 g/mol. The zero-order valence-electron chi connectivity index (χ0n) is 14.4. The highest BCUT2D eigenvalue weighted by atomic mass is 79.9. The van der Waals surface area contributed by atoms with Gasteiger partial charge in [0.1, 0.15) is 5.57 Å². The van der Waals surface area contributed by atoms with Crippen LogP contribution in [0, 0.1) is 6.92 Å². The van der Waals surface area contributed by atoms with Crippen molar-refractivity contribution in [2.75, 3.05) is 12.0 Å². The molecule has 2 aromatic carbocycles. The molecule has 0 aromatic heterocycles. The first-order chi connectivity index (χ1) is 12.8. The number of aromatic hydroxyl groups is 1. The second-order valence-corrected chi connectivity index (χ2v) is 6.74. The number of amides is 4. The summed E-state index contributed by atoms with van der Waals surface area (Å²) >= 11 is 3.33. The van der Waals surface area contributed by atoms with E-state index in [4.69, 9.17) is 4.74 Å². The minimum atomic E-state index is -0.809. The molecule has 7 nitrogen and oxygen atoms in total. The van der Waals surface area contributed by atoms with Gasteiger partial charge in [-0.2, -0.15) is 0 Å². The zero-order chi connectivity index (χ0) is 19.7. The summed E-state index contributed by atoms with van der Waals surface area (Å²) in [5, 5.41) is 11.9. The van der Waals surface area contributed by atoms with Crippen molar-refractivity contribution in [3.8, 4) is 11.5 Å². The van der Waals surface area contributed by atoms with Crippen LogP contribution in [0.1, 0.15) is 11.1 Å². The number of methoxy groups -OCH3 is 1. The Morgan fingerprint density at radius 1 is 1.15 bits per heavy atom. The fourth-order valence-corrected chi connectivity index (χ4v) is 3.17. The van der Waals surface area contributed by atoms with Gasteiger partial charge in [0, 0.05) is 4.47 Å². The first-order valence-electron chi connectivity index (χ1n) is 7.86. The molecule has 1 saturated heterocycles. The number of urea groups is 1. The molecule has 2 N–H and O–H groups in total. The molecule has 1 aliphatic rings. The molecule has 0 atom stereocenters. The summed E-state index contributed by atoms with van der Waals surface area (Å²) in [5.74, 6) is -1.39. The lowest BCUT2D eigenvalue weighted by Crippen LogP contribution is -2.54. The highest BCUT2D eigenvalue weighted by Crippen LogP contribution is 2.30. The number of halogens is 1. The summed E-state index contributed by atoms with van der Waals surface area (Å²) in [5.41, 5.74) is 1.32. The van der Waals surface area contributed by atoms with E-state index in [1.807, 2.05) is 0 Å². The van der Waals surface area contributed by atoms with Crippen LogP contribution in [0.25, 0.3) is 6.08 Å². The molecule has 8 heteroatoms. The number of phenolic OH excluding ortho intramolecular Hbond substituents is 1. The Hall–Kier alpha value is -3.13. The quantitative estimate of drug-likeness (QED) is 0.575. The minimum absolute atomic E-state index is 0.0682. The third-order valence-corrected chi connectivity index (χ3v) is 4.51. The van der Waals surface area contributed by atoms with Gasteiger partial charge in [0.2, 0.25) is 0 Å². The number of ether oxygens (including phenoxy) is 1. The highest BCUT2D eigenvalue weighted by molar-refractivity contribution is 9.10. The molecular formula is C19H15BrN2O5. The van der Waals surface area contributed by atoms with Gasteiger partial charge in [-0.3, -0.25) is 14.9 Å². The van der Waals surface area contributed by atoms with Crippen molar-refractivity contribution in [2.24, 2.45) is 0 Å². The number of hydrogen-bond acceptors (Lipinski definition) is 5. The molecule has 1 aliphatic heterocycles. The molecule has 1 heterocycles. The number of anilines is 1. The summed E-state index contributed by atoms with van der Waals surface area (Å²) < 4.78 is 5.83. The number of barbiturate groups is 1. The molecule has 0 unspecified atom stereocenters. The molecule has 3 rings (SSSR count).